The number of aliphatic hydroxyl groups excluding tert-OH is 1. The highest BCUT2D eigenvalue weighted by Crippen LogP contribution is 2.32. The van der Waals surface area contributed by atoms with Crippen molar-refractivity contribution in [2.45, 2.75) is 39.3 Å². The number of halogens is 2. The normalized spacial score (nSPS) is 17.4. The summed E-state index contributed by atoms with van der Waals surface area (Å²) >= 11 is 4.47. The molecule has 0 amide bonds. The van der Waals surface area contributed by atoms with Crippen LogP contribution in [0.3, 0.4) is 0 Å². The number of nitrogens with one attached hydrogen (secondary N) is 1. The van der Waals surface area contributed by atoms with Crippen molar-refractivity contribution in [2.24, 2.45) is 5.92 Å². The van der Waals surface area contributed by atoms with Crippen LogP contribution >= 0.6 is 45.2 Å². The lowest BCUT2D eigenvalue weighted by Crippen LogP contribution is -2.25. The molecule has 1 atom stereocenters. The zero-order valence-electron chi connectivity index (χ0n) is 16.5. The topological polar surface area (TPSA) is 111 Å². The summed E-state index contributed by atoms with van der Waals surface area (Å²) in [4.78, 5) is 13.2. The summed E-state index contributed by atoms with van der Waals surface area (Å²) in [6.07, 6.45) is 4.25. The summed E-state index contributed by atoms with van der Waals surface area (Å²) in [6, 6.07) is 0. The predicted molar refractivity (Wildman–Crippen MR) is 131 cm³/mol. The molecule has 10 heteroatoms. The van der Waals surface area contributed by atoms with Crippen LogP contribution in [0.4, 0.5) is 5.82 Å². The number of nitrogens with two attached hydrogens (primary N) is 1. The van der Waals surface area contributed by atoms with Crippen LogP contribution in [0.2, 0.25) is 0 Å². The average Bonchev–Trinajstić information content (AvgIpc) is 3.02. The second kappa shape index (κ2) is 10.4. The van der Waals surface area contributed by atoms with Crippen molar-refractivity contribution in [3.05, 3.63) is 33.1 Å². The summed E-state index contributed by atoms with van der Waals surface area (Å²) in [5.74, 6) is 2.09. The highest BCUT2D eigenvalue weighted by molar-refractivity contribution is 14.1. The van der Waals surface area contributed by atoms with E-state index in [1.165, 1.54) is 6.33 Å². The van der Waals surface area contributed by atoms with Crippen LogP contribution in [0.15, 0.2) is 27.3 Å². The van der Waals surface area contributed by atoms with Crippen LogP contribution < -0.4 is 11.1 Å². The van der Waals surface area contributed by atoms with Crippen molar-refractivity contribution in [3.8, 4) is 0 Å². The number of nitrogens with zero attached hydrogens (tertiary/aromatic N) is 4. The van der Waals surface area contributed by atoms with E-state index in [1.54, 1.807) is 6.08 Å². The highest BCUT2D eigenvalue weighted by atomic mass is 127. The van der Waals surface area contributed by atoms with E-state index in [2.05, 4.69) is 78.9 Å². The first kappa shape index (κ1) is 22.7. The molecule has 2 aromatic rings. The maximum Gasteiger partial charge on any atom is 0.165 e. The lowest BCUT2D eigenvalue weighted by atomic mass is 10.0. The summed E-state index contributed by atoms with van der Waals surface area (Å²) < 4.78 is 9.39. The molecule has 0 radical (unpaired) electrons. The molecule has 1 aliphatic rings. The van der Waals surface area contributed by atoms with Gasteiger partial charge < -0.3 is 25.5 Å². The molecule has 158 valence electrons. The molecule has 0 aliphatic heterocycles. The number of hydrogen-bond donors (Lipinski definition) is 3. The molecular weight excluding hydrogens is 598 g/mol. The quantitative estimate of drug-likeness (QED) is 0.223. The van der Waals surface area contributed by atoms with Crippen molar-refractivity contribution in [2.75, 3.05) is 23.4 Å². The lowest BCUT2D eigenvalue weighted by Gasteiger charge is -2.22. The van der Waals surface area contributed by atoms with Crippen LogP contribution in [-0.4, -0.2) is 48.4 Å². The fraction of sp³-hybridized carbons (Fsp3) is 0.526. The molecular formula is C19H26I2N6O2. The third-order valence-electron chi connectivity index (χ3n) is 4.68. The highest BCUT2D eigenvalue weighted by Gasteiger charge is 2.24. The summed E-state index contributed by atoms with van der Waals surface area (Å²) in [5.41, 5.74) is 8.44. The fourth-order valence-electron chi connectivity index (χ4n) is 3.24. The van der Waals surface area contributed by atoms with E-state index in [-0.39, 0.29) is 11.9 Å². The minimum atomic E-state index is -0.275. The molecule has 29 heavy (non-hydrogen) atoms. The average molecular weight is 624 g/mol. The molecule has 4 N–H and O–H groups in total. The Morgan fingerprint density at radius 3 is 2.93 bits per heavy atom. The van der Waals surface area contributed by atoms with Gasteiger partial charge in [0.2, 0.25) is 0 Å². The largest absolute Gasteiger partial charge is 0.510 e. The van der Waals surface area contributed by atoms with Crippen molar-refractivity contribution in [1.29, 1.82) is 0 Å². The van der Waals surface area contributed by atoms with Crippen molar-refractivity contribution >= 4 is 62.2 Å². The zero-order chi connectivity index (χ0) is 21.0. The van der Waals surface area contributed by atoms with Crippen LogP contribution in [0.5, 0.6) is 0 Å². The smallest absolute Gasteiger partial charge is 0.165 e. The van der Waals surface area contributed by atoms with Gasteiger partial charge in [-0.2, -0.15) is 0 Å². The van der Waals surface area contributed by atoms with Gasteiger partial charge in [0.25, 0.3) is 0 Å². The van der Waals surface area contributed by atoms with E-state index in [4.69, 9.17) is 15.5 Å². The van der Waals surface area contributed by atoms with Gasteiger partial charge in [-0.05, 0) is 50.3 Å². The number of ether oxygens (including phenoxy) is 1. The van der Waals surface area contributed by atoms with Gasteiger partial charge in [-0.25, -0.2) is 15.0 Å². The Morgan fingerprint density at radius 2 is 2.21 bits per heavy atom. The van der Waals surface area contributed by atoms with Gasteiger partial charge >= 0.3 is 0 Å². The van der Waals surface area contributed by atoms with E-state index in [0.717, 1.165) is 40.3 Å². The summed E-state index contributed by atoms with van der Waals surface area (Å²) in [6.45, 7) is 6.87. The van der Waals surface area contributed by atoms with E-state index >= 15 is 0 Å². The number of allylic oxidation sites excluding steroid dienone is 2. The molecule has 0 fully saturated rings. The SMILES string of the molecule is CC(C)CNCCn1c(CC2=C(I)CC(OCI)C(O)=C2)nc2c(N)ncnc21. The van der Waals surface area contributed by atoms with E-state index in [0.29, 0.717) is 34.7 Å². The standard InChI is InChI=1S/C19H26I2N6O2/c1-11(2)8-23-3-4-27-16(26-17-18(22)24-10-25-19(17)27)6-12-5-14(28)15(29-9-20)7-13(12)21/h5,10-11,15,23,28H,3-4,6-9H2,1-2H3,(H2,22,24,25). The van der Waals surface area contributed by atoms with Gasteiger partial charge in [-0.1, -0.05) is 36.4 Å². The third-order valence-corrected chi connectivity index (χ3v) is 6.17. The van der Waals surface area contributed by atoms with E-state index in [9.17, 15) is 5.11 Å². The van der Waals surface area contributed by atoms with Gasteiger partial charge in [0.05, 0.1) is 4.61 Å². The first-order valence-electron chi connectivity index (χ1n) is 9.52. The predicted octanol–water partition coefficient (Wildman–Crippen LogP) is 3.51. The molecule has 0 saturated carbocycles. The number of aromatic nitrogens is 4. The number of nitrogen functional groups attached to an aromatic ring is 1. The van der Waals surface area contributed by atoms with Gasteiger partial charge in [0, 0.05) is 25.9 Å². The second-order valence-corrected chi connectivity index (χ2v) is 9.28. The van der Waals surface area contributed by atoms with Crippen molar-refractivity contribution in [3.63, 3.8) is 0 Å². The van der Waals surface area contributed by atoms with Crippen LogP contribution in [0, 0.1) is 5.92 Å². The lowest BCUT2D eigenvalue weighted by molar-refractivity contribution is 0.0880. The maximum absolute atomic E-state index is 10.4. The summed E-state index contributed by atoms with van der Waals surface area (Å²) in [5, 5.41) is 13.8. The molecule has 1 aliphatic carbocycles. The van der Waals surface area contributed by atoms with Gasteiger partial charge in [-0.15, -0.1) is 0 Å². The molecule has 3 rings (SSSR count). The number of fused-ring (bicyclic) bond motifs is 1. The Hall–Kier alpha value is -0.990. The number of anilines is 1. The molecule has 2 aromatic heterocycles. The number of hydrogen-bond acceptors (Lipinski definition) is 7. The van der Waals surface area contributed by atoms with E-state index in [1.807, 2.05) is 0 Å². The molecule has 0 bridgehead atoms. The van der Waals surface area contributed by atoms with Crippen molar-refractivity contribution < 1.29 is 9.84 Å². The third kappa shape index (κ3) is 5.58. The second-order valence-electron chi connectivity index (χ2n) is 7.35. The molecule has 0 aromatic carbocycles. The van der Waals surface area contributed by atoms with Gasteiger partial charge in [-0.3, -0.25) is 0 Å². The van der Waals surface area contributed by atoms with Crippen molar-refractivity contribution in [1.82, 2.24) is 24.8 Å². The minimum absolute atomic E-state index is 0.262. The Balaban J connectivity index is 1.87. The number of aliphatic hydroxyl groups is 1. The van der Waals surface area contributed by atoms with Crippen LogP contribution in [0.1, 0.15) is 26.1 Å². The maximum atomic E-state index is 10.4. The zero-order valence-corrected chi connectivity index (χ0v) is 20.8. The van der Waals surface area contributed by atoms with Crippen LogP contribution in [-0.2, 0) is 17.7 Å². The van der Waals surface area contributed by atoms with E-state index < -0.39 is 0 Å². The number of imidazole rings is 1. The molecule has 8 nitrogen and oxygen atoms in total. The van der Waals surface area contributed by atoms with Gasteiger partial charge in [0.15, 0.2) is 17.0 Å². The Morgan fingerprint density at radius 1 is 1.41 bits per heavy atom. The minimum Gasteiger partial charge on any atom is -0.510 e. The first-order chi connectivity index (χ1) is 13.9. The molecule has 0 saturated heterocycles. The Bertz CT molecular complexity index is 925. The fourth-order valence-corrected chi connectivity index (χ4v) is 4.42. The molecule has 2 heterocycles. The Kier molecular flexibility index (Phi) is 8.10. The van der Waals surface area contributed by atoms with Gasteiger partial charge in [0.1, 0.15) is 24.0 Å². The number of alkyl halides is 1. The van der Waals surface area contributed by atoms with Crippen LogP contribution in [0.25, 0.3) is 11.2 Å². The molecule has 1 unspecified atom stereocenters. The summed E-state index contributed by atoms with van der Waals surface area (Å²) in [7, 11) is 0. The molecule has 0 spiro atoms. The first-order valence-corrected chi connectivity index (χ1v) is 12.1. The Labute approximate surface area is 197 Å². The monoisotopic (exact) mass is 624 g/mol. The number of rotatable bonds is 9.